The van der Waals surface area contributed by atoms with Crippen molar-refractivity contribution in [1.82, 2.24) is 4.90 Å². The van der Waals surface area contributed by atoms with Gasteiger partial charge in [-0.15, -0.1) is 0 Å². The van der Waals surface area contributed by atoms with Crippen LogP contribution in [0.15, 0.2) is 36.4 Å². The Labute approximate surface area is 218 Å². The number of nitrogens with zero attached hydrogens (tertiary/aromatic N) is 1. The predicted molar refractivity (Wildman–Crippen MR) is 140 cm³/mol. The van der Waals surface area contributed by atoms with Gasteiger partial charge in [-0.25, -0.2) is 0 Å². The average molecular weight is 512 g/mol. The number of phenols is 1. The number of phenolic OH excluding ortho intramolecular Hbond substituents is 1. The molecule has 3 unspecified atom stereocenters. The number of rotatable bonds is 8. The van der Waals surface area contributed by atoms with E-state index in [0.717, 1.165) is 36.8 Å². The van der Waals surface area contributed by atoms with Crippen molar-refractivity contribution in [2.75, 3.05) is 34.5 Å². The number of carbonyl (C=O) groups excluding carboxylic acids is 1. The number of hydrogen-bond donors (Lipinski definition) is 2. The van der Waals surface area contributed by atoms with E-state index in [1.54, 1.807) is 57.7 Å². The summed E-state index contributed by atoms with van der Waals surface area (Å²) in [6, 6.07) is 8.46. The van der Waals surface area contributed by atoms with Gasteiger partial charge in [0.05, 0.1) is 39.6 Å². The summed E-state index contributed by atoms with van der Waals surface area (Å²) in [4.78, 5) is 15.5. The Morgan fingerprint density at radius 3 is 2.43 bits per heavy atom. The average Bonchev–Trinajstić information content (AvgIpc) is 2.91. The Bertz CT molecular complexity index is 1120. The molecule has 37 heavy (non-hydrogen) atoms. The molecule has 2 aromatic rings. The molecule has 1 aliphatic heterocycles. The van der Waals surface area contributed by atoms with Gasteiger partial charge in [0.15, 0.2) is 23.0 Å². The Hall–Kier alpha value is -3.39. The highest BCUT2D eigenvalue weighted by Gasteiger charge is 2.50. The lowest BCUT2D eigenvalue weighted by Gasteiger charge is -2.52. The molecule has 4 rings (SSSR count). The summed E-state index contributed by atoms with van der Waals surface area (Å²) in [7, 11) is 4.64. The van der Waals surface area contributed by atoms with Crippen molar-refractivity contribution in [2.45, 2.75) is 50.7 Å². The zero-order valence-electron chi connectivity index (χ0n) is 22.0. The molecular formula is C29H37NO7. The van der Waals surface area contributed by atoms with E-state index in [0.29, 0.717) is 42.6 Å². The lowest BCUT2D eigenvalue weighted by molar-refractivity contribution is -0.150. The molecule has 200 valence electrons. The first kappa shape index (κ1) is 26.7. The van der Waals surface area contributed by atoms with Crippen molar-refractivity contribution in [1.29, 1.82) is 0 Å². The molecule has 0 bridgehead atoms. The van der Waals surface area contributed by atoms with Crippen LogP contribution in [-0.2, 0) is 4.79 Å². The van der Waals surface area contributed by atoms with Crippen LogP contribution in [0.3, 0.4) is 0 Å². The van der Waals surface area contributed by atoms with E-state index in [-0.39, 0.29) is 23.6 Å². The molecule has 8 heteroatoms. The summed E-state index contributed by atoms with van der Waals surface area (Å²) >= 11 is 0. The Morgan fingerprint density at radius 2 is 1.78 bits per heavy atom. The van der Waals surface area contributed by atoms with Gasteiger partial charge in [0.1, 0.15) is 0 Å². The Balaban J connectivity index is 1.68. The highest BCUT2D eigenvalue weighted by atomic mass is 16.5. The maximum Gasteiger partial charge on any atom is 0.247 e. The van der Waals surface area contributed by atoms with Crippen molar-refractivity contribution >= 4 is 12.0 Å². The normalized spacial score (nSPS) is 23.4. The topological polar surface area (TPSA) is 97.7 Å². The van der Waals surface area contributed by atoms with Crippen LogP contribution in [0.2, 0.25) is 0 Å². The van der Waals surface area contributed by atoms with E-state index in [4.69, 9.17) is 18.9 Å². The minimum atomic E-state index is -0.816. The molecule has 1 heterocycles. The molecule has 1 saturated carbocycles. The molecule has 0 aromatic heterocycles. The summed E-state index contributed by atoms with van der Waals surface area (Å²) in [6.45, 7) is 2.70. The van der Waals surface area contributed by atoms with Crippen LogP contribution in [0, 0.1) is 5.92 Å². The quantitative estimate of drug-likeness (QED) is 0.495. The number of amides is 1. The molecule has 3 atom stereocenters. The van der Waals surface area contributed by atoms with Crippen LogP contribution in [0.4, 0.5) is 0 Å². The van der Waals surface area contributed by atoms with Crippen LogP contribution in [-0.4, -0.2) is 61.1 Å². The first-order valence-corrected chi connectivity index (χ1v) is 12.8. The van der Waals surface area contributed by atoms with Crippen LogP contribution in [0.1, 0.15) is 56.2 Å². The molecule has 1 saturated heterocycles. The molecule has 0 spiro atoms. The second-order valence-electron chi connectivity index (χ2n) is 9.63. The number of ether oxygens (including phenoxy) is 4. The SMILES string of the molecule is CCOc1cc(C2C3CCCCC3(O)CCN2C(=O)/C=C/c2cc(OC)c(OC)c(OC)c2)ccc1O. The third-order valence-electron chi connectivity index (χ3n) is 7.58. The summed E-state index contributed by atoms with van der Waals surface area (Å²) in [5, 5.41) is 21.8. The molecule has 2 N–H and O–H groups in total. The lowest BCUT2D eigenvalue weighted by atomic mass is 9.66. The van der Waals surface area contributed by atoms with Crippen LogP contribution < -0.4 is 18.9 Å². The molecule has 0 radical (unpaired) electrons. The number of aromatic hydroxyl groups is 1. The van der Waals surface area contributed by atoms with Crippen molar-refractivity contribution in [2.24, 2.45) is 5.92 Å². The van der Waals surface area contributed by atoms with E-state index >= 15 is 0 Å². The van der Waals surface area contributed by atoms with E-state index in [9.17, 15) is 15.0 Å². The maximum absolute atomic E-state index is 13.6. The number of carbonyl (C=O) groups is 1. The van der Waals surface area contributed by atoms with E-state index in [2.05, 4.69) is 0 Å². The number of fused-ring (bicyclic) bond motifs is 1. The fourth-order valence-electron chi connectivity index (χ4n) is 5.79. The Morgan fingerprint density at radius 1 is 1.05 bits per heavy atom. The smallest absolute Gasteiger partial charge is 0.247 e. The van der Waals surface area contributed by atoms with Crippen LogP contribution >= 0.6 is 0 Å². The predicted octanol–water partition coefficient (Wildman–Crippen LogP) is 4.72. The molecule has 1 amide bonds. The summed E-state index contributed by atoms with van der Waals surface area (Å²) < 4.78 is 21.9. The van der Waals surface area contributed by atoms with Crippen molar-refractivity contribution in [3.63, 3.8) is 0 Å². The minimum absolute atomic E-state index is 0.0560. The lowest BCUT2D eigenvalue weighted by Crippen LogP contribution is -2.56. The van der Waals surface area contributed by atoms with Crippen LogP contribution in [0.25, 0.3) is 6.08 Å². The number of hydrogen-bond acceptors (Lipinski definition) is 7. The fraction of sp³-hybridized carbons (Fsp3) is 0.483. The fourth-order valence-corrected chi connectivity index (χ4v) is 5.79. The highest BCUT2D eigenvalue weighted by molar-refractivity contribution is 5.92. The first-order chi connectivity index (χ1) is 17.8. The van der Waals surface area contributed by atoms with E-state index in [1.807, 2.05) is 17.9 Å². The number of piperidine rings is 1. The minimum Gasteiger partial charge on any atom is -0.504 e. The van der Waals surface area contributed by atoms with Gasteiger partial charge in [-0.2, -0.15) is 0 Å². The van der Waals surface area contributed by atoms with Gasteiger partial charge in [0, 0.05) is 18.5 Å². The van der Waals surface area contributed by atoms with Gasteiger partial charge < -0.3 is 34.1 Å². The van der Waals surface area contributed by atoms with Gasteiger partial charge in [-0.3, -0.25) is 4.79 Å². The number of benzene rings is 2. The number of likely N-dealkylation sites (tertiary alicyclic amines) is 1. The second kappa shape index (κ2) is 11.3. The van der Waals surface area contributed by atoms with Gasteiger partial charge >= 0.3 is 0 Å². The summed E-state index contributed by atoms with van der Waals surface area (Å²) in [6.07, 6.45) is 7.35. The van der Waals surface area contributed by atoms with Crippen molar-refractivity contribution in [3.05, 3.63) is 47.5 Å². The van der Waals surface area contributed by atoms with Gasteiger partial charge in [-0.05, 0) is 67.7 Å². The largest absolute Gasteiger partial charge is 0.504 e. The third kappa shape index (κ3) is 5.34. The maximum atomic E-state index is 13.6. The van der Waals surface area contributed by atoms with Gasteiger partial charge in [0.2, 0.25) is 11.7 Å². The van der Waals surface area contributed by atoms with E-state index < -0.39 is 5.60 Å². The monoisotopic (exact) mass is 511 g/mol. The zero-order chi connectivity index (χ0) is 26.6. The van der Waals surface area contributed by atoms with Crippen molar-refractivity contribution in [3.8, 4) is 28.7 Å². The standard InChI is InChI=1S/C29H37NO7/c1-5-37-23-18-20(10-11-22(23)31)27-21-8-6-7-13-29(21,33)14-15-30(27)26(32)12-9-19-16-24(34-2)28(36-4)25(17-19)35-3/h9-12,16-18,21,27,31,33H,5-8,13-15H2,1-4H3/b12-9+. The molecule has 8 nitrogen and oxygen atoms in total. The molecule has 2 aliphatic rings. The second-order valence-corrected chi connectivity index (χ2v) is 9.63. The van der Waals surface area contributed by atoms with E-state index in [1.165, 1.54) is 0 Å². The van der Waals surface area contributed by atoms with Crippen molar-refractivity contribution < 1.29 is 34.0 Å². The number of methoxy groups -OCH3 is 3. The molecular weight excluding hydrogens is 474 g/mol. The van der Waals surface area contributed by atoms with Gasteiger partial charge in [0.25, 0.3) is 0 Å². The van der Waals surface area contributed by atoms with Gasteiger partial charge in [-0.1, -0.05) is 18.9 Å². The number of aliphatic hydroxyl groups is 1. The molecule has 1 aliphatic carbocycles. The summed E-state index contributed by atoms with van der Waals surface area (Å²) in [5.41, 5.74) is 0.763. The zero-order valence-corrected chi connectivity index (χ0v) is 22.0. The third-order valence-corrected chi connectivity index (χ3v) is 7.58. The first-order valence-electron chi connectivity index (χ1n) is 12.8. The molecule has 2 fully saturated rings. The molecule has 2 aromatic carbocycles. The Kier molecular flexibility index (Phi) is 8.17. The summed E-state index contributed by atoms with van der Waals surface area (Å²) in [5.74, 6) is 1.67. The van der Waals surface area contributed by atoms with Crippen LogP contribution in [0.5, 0.6) is 28.7 Å². The highest BCUT2D eigenvalue weighted by Crippen LogP contribution is 2.50.